The maximum atomic E-state index is 13.8. The zero-order valence-electron chi connectivity index (χ0n) is 12.3. The van der Waals surface area contributed by atoms with Crippen LogP contribution in [0, 0.1) is 5.82 Å². The van der Waals surface area contributed by atoms with Gasteiger partial charge in [0, 0.05) is 16.7 Å². The van der Waals surface area contributed by atoms with E-state index in [2.05, 4.69) is 10.1 Å². The average Bonchev–Trinajstić information content (AvgIpc) is 3.04. The summed E-state index contributed by atoms with van der Waals surface area (Å²) >= 11 is 0. The summed E-state index contributed by atoms with van der Waals surface area (Å²) in [6.45, 7) is 0.922. The number of hydrogen-bond donors (Lipinski definition) is 0. The zero-order chi connectivity index (χ0) is 15.6. The molecule has 3 aromatic rings. The minimum atomic E-state index is -0.309. The van der Waals surface area contributed by atoms with Gasteiger partial charge >= 0.3 is 0 Å². The van der Waals surface area contributed by atoms with E-state index < -0.39 is 0 Å². The van der Waals surface area contributed by atoms with Crippen LogP contribution in [0.2, 0.25) is 0 Å². The second kappa shape index (κ2) is 5.81. The molecule has 0 spiro atoms. The van der Waals surface area contributed by atoms with Crippen molar-refractivity contribution < 1.29 is 13.9 Å². The highest BCUT2D eigenvalue weighted by Gasteiger charge is 2.17. The summed E-state index contributed by atoms with van der Waals surface area (Å²) in [6, 6.07) is 12.6. The molecule has 5 nitrogen and oxygen atoms in total. The van der Waals surface area contributed by atoms with E-state index in [4.69, 9.17) is 9.47 Å². The molecule has 6 heteroatoms. The van der Waals surface area contributed by atoms with Gasteiger partial charge in [-0.2, -0.15) is 5.10 Å². The van der Waals surface area contributed by atoms with Gasteiger partial charge in [0.25, 0.3) is 0 Å². The molecule has 0 fully saturated rings. The summed E-state index contributed by atoms with van der Waals surface area (Å²) in [4.78, 5) is 4.31. The predicted octanol–water partition coefficient (Wildman–Crippen LogP) is 3.00. The van der Waals surface area contributed by atoms with E-state index in [1.54, 1.807) is 11.0 Å². The van der Waals surface area contributed by atoms with E-state index in [0.717, 1.165) is 16.7 Å². The summed E-state index contributed by atoms with van der Waals surface area (Å²) < 4.78 is 26.2. The highest BCUT2D eigenvalue weighted by Crippen LogP contribution is 2.30. The lowest BCUT2D eigenvalue weighted by atomic mass is 10.1. The van der Waals surface area contributed by atoms with Gasteiger partial charge in [-0.05, 0) is 12.1 Å². The summed E-state index contributed by atoms with van der Waals surface area (Å²) in [7, 11) is 0. The molecule has 23 heavy (non-hydrogen) atoms. The highest BCUT2D eigenvalue weighted by atomic mass is 19.1. The Labute approximate surface area is 132 Å². The maximum absolute atomic E-state index is 13.8. The molecule has 1 aliphatic heterocycles. The predicted molar refractivity (Wildman–Crippen MR) is 81.2 cm³/mol. The monoisotopic (exact) mass is 311 g/mol. The van der Waals surface area contributed by atoms with Crippen LogP contribution in [-0.4, -0.2) is 21.6 Å². The SMILES string of the molecule is Fc1cc2c(c(Cn3cnc(-c4ccccc4)n3)c1)OCOC2. The third kappa shape index (κ3) is 2.80. The fourth-order valence-electron chi connectivity index (χ4n) is 2.64. The van der Waals surface area contributed by atoms with Gasteiger partial charge in [-0.3, -0.25) is 0 Å². The molecule has 0 amide bonds. The summed E-state index contributed by atoms with van der Waals surface area (Å²) in [5.74, 6) is 1.01. The van der Waals surface area contributed by atoms with Gasteiger partial charge in [-0.15, -0.1) is 0 Å². The van der Waals surface area contributed by atoms with Crippen molar-refractivity contribution >= 4 is 0 Å². The average molecular weight is 311 g/mol. The Morgan fingerprint density at radius 1 is 1.17 bits per heavy atom. The van der Waals surface area contributed by atoms with Gasteiger partial charge in [0.2, 0.25) is 0 Å². The lowest BCUT2D eigenvalue weighted by Crippen LogP contribution is -2.15. The molecule has 0 aliphatic carbocycles. The lowest BCUT2D eigenvalue weighted by Gasteiger charge is -2.20. The largest absolute Gasteiger partial charge is 0.467 e. The van der Waals surface area contributed by atoms with Crippen molar-refractivity contribution in [1.82, 2.24) is 14.8 Å². The van der Waals surface area contributed by atoms with Gasteiger partial charge < -0.3 is 9.47 Å². The molecule has 0 atom stereocenters. The summed E-state index contributed by atoms with van der Waals surface area (Å²) in [5, 5.41) is 4.45. The molecule has 0 saturated heterocycles. The van der Waals surface area contributed by atoms with Crippen molar-refractivity contribution in [2.75, 3.05) is 6.79 Å². The van der Waals surface area contributed by atoms with Gasteiger partial charge in [-0.25, -0.2) is 14.1 Å². The van der Waals surface area contributed by atoms with Crippen molar-refractivity contribution in [3.63, 3.8) is 0 Å². The molecule has 1 aromatic heterocycles. The first kappa shape index (κ1) is 13.9. The molecule has 1 aliphatic rings. The number of rotatable bonds is 3. The number of ether oxygens (including phenoxy) is 2. The van der Waals surface area contributed by atoms with Crippen molar-refractivity contribution in [3.8, 4) is 17.1 Å². The van der Waals surface area contributed by atoms with Crippen molar-refractivity contribution in [1.29, 1.82) is 0 Å². The minimum Gasteiger partial charge on any atom is -0.467 e. The molecule has 0 saturated carbocycles. The Kier molecular flexibility index (Phi) is 3.51. The Bertz CT molecular complexity index is 833. The Morgan fingerprint density at radius 2 is 2.04 bits per heavy atom. The number of hydrogen-bond acceptors (Lipinski definition) is 4. The molecule has 4 rings (SSSR count). The smallest absolute Gasteiger partial charge is 0.189 e. The van der Waals surface area contributed by atoms with E-state index in [-0.39, 0.29) is 12.6 Å². The van der Waals surface area contributed by atoms with Crippen LogP contribution in [-0.2, 0) is 17.9 Å². The van der Waals surface area contributed by atoms with Crippen molar-refractivity contribution in [3.05, 3.63) is 65.7 Å². The molecule has 116 valence electrons. The second-order valence-electron chi connectivity index (χ2n) is 5.30. The molecule has 2 aromatic carbocycles. The molecule has 0 N–H and O–H groups in total. The lowest BCUT2D eigenvalue weighted by molar-refractivity contribution is -0.0173. The van der Waals surface area contributed by atoms with Crippen LogP contribution in [0.25, 0.3) is 11.4 Å². The van der Waals surface area contributed by atoms with E-state index >= 15 is 0 Å². The Balaban J connectivity index is 1.64. The quantitative estimate of drug-likeness (QED) is 0.746. The van der Waals surface area contributed by atoms with Gasteiger partial charge in [0.1, 0.15) is 17.9 Å². The van der Waals surface area contributed by atoms with Crippen LogP contribution in [0.15, 0.2) is 48.8 Å². The molecule has 2 heterocycles. The van der Waals surface area contributed by atoms with E-state index in [9.17, 15) is 4.39 Å². The van der Waals surface area contributed by atoms with Crippen molar-refractivity contribution in [2.24, 2.45) is 0 Å². The minimum absolute atomic E-state index is 0.179. The molecule has 0 unspecified atom stereocenters. The van der Waals surface area contributed by atoms with Crippen LogP contribution in [0.1, 0.15) is 11.1 Å². The first-order chi connectivity index (χ1) is 11.3. The first-order valence-corrected chi connectivity index (χ1v) is 7.26. The van der Waals surface area contributed by atoms with Gasteiger partial charge in [0.05, 0.1) is 13.2 Å². The Morgan fingerprint density at radius 3 is 2.91 bits per heavy atom. The standard InChI is InChI=1S/C17H14FN3O2/c18-15-6-13(16-14(7-15)9-22-11-23-16)8-21-10-19-17(20-21)12-4-2-1-3-5-12/h1-7,10H,8-9,11H2. The summed E-state index contributed by atoms with van der Waals surface area (Å²) in [5.41, 5.74) is 2.39. The number of halogens is 1. The van der Waals surface area contributed by atoms with Crippen LogP contribution in [0.3, 0.4) is 0 Å². The summed E-state index contributed by atoms with van der Waals surface area (Å²) in [6.07, 6.45) is 1.64. The van der Waals surface area contributed by atoms with Crippen LogP contribution < -0.4 is 4.74 Å². The third-order valence-electron chi connectivity index (χ3n) is 3.65. The number of nitrogens with zero attached hydrogens (tertiary/aromatic N) is 3. The van der Waals surface area contributed by atoms with Crippen LogP contribution in [0.4, 0.5) is 4.39 Å². The van der Waals surface area contributed by atoms with Gasteiger partial charge in [-0.1, -0.05) is 30.3 Å². The maximum Gasteiger partial charge on any atom is 0.189 e. The molecular weight excluding hydrogens is 297 g/mol. The normalized spacial score (nSPS) is 13.4. The molecular formula is C17H14FN3O2. The third-order valence-corrected chi connectivity index (χ3v) is 3.65. The fraction of sp³-hybridized carbons (Fsp3) is 0.176. The second-order valence-corrected chi connectivity index (χ2v) is 5.30. The molecule has 0 bridgehead atoms. The first-order valence-electron chi connectivity index (χ1n) is 7.26. The fourth-order valence-corrected chi connectivity index (χ4v) is 2.64. The number of aromatic nitrogens is 3. The topological polar surface area (TPSA) is 49.2 Å². The van der Waals surface area contributed by atoms with E-state index in [0.29, 0.717) is 24.7 Å². The Hall–Kier alpha value is -2.73. The number of fused-ring (bicyclic) bond motifs is 1. The highest BCUT2D eigenvalue weighted by molar-refractivity contribution is 5.53. The van der Waals surface area contributed by atoms with E-state index in [1.807, 2.05) is 30.3 Å². The molecule has 0 radical (unpaired) electrons. The van der Waals surface area contributed by atoms with Crippen molar-refractivity contribution in [2.45, 2.75) is 13.2 Å². The van der Waals surface area contributed by atoms with Gasteiger partial charge in [0.15, 0.2) is 12.6 Å². The van der Waals surface area contributed by atoms with Crippen LogP contribution in [0.5, 0.6) is 5.75 Å². The zero-order valence-corrected chi connectivity index (χ0v) is 12.3. The number of benzene rings is 2. The van der Waals surface area contributed by atoms with E-state index in [1.165, 1.54) is 12.1 Å². The van der Waals surface area contributed by atoms with Crippen LogP contribution >= 0.6 is 0 Å².